The third kappa shape index (κ3) is 4.98. The first-order chi connectivity index (χ1) is 10.7. The van der Waals surface area contributed by atoms with E-state index in [9.17, 15) is 22.4 Å². The van der Waals surface area contributed by atoms with Crippen LogP contribution in [0.25, 0.3) is 0 Å². The molecule has 0 aliphatic carbocycles. The summed E-state index contributed by atoms with van der Waals surface area (Å²) >= 11 is 0. The van der Waals surface area contributed by atoms with Crippen LogP contribution in [0.3, 0.4) is 0 Å². The molecule has 0 saturated heterocycles. The summed E-state index contributed by atoms with van der Waals surface area (Å²) in [6.45, 7) is 1.71. The average molecular weight is 327 g/mol. The summed E-state index contributed by atoms with van der Waals surface area (Å²) in [5.41, 5.74) is 0.894. The number of amides is 1. The molecule has 0 spiro atoms. The van der Waals surface area contributed by atoms with Gasteiger partial charge in [-0.15, -0.1) is 13.2 Å². The number of rotatable bonds is 4. The molecule has 7 heteroatoms. The molecule has 2 aromatic rings. The van der Waals surface area contributed by atoms with Gasteiger partial charge < -0.3 is 10.1 Å². The minimum atomic E-state index is -4.78. The van der Waals surface area contributed by atoms with Crippen molar-refractivity contribution in [3.63, 3.8) is 0 Å². The molecule has 1 N–H and O–H groups in total. The molecule has 2 rings (SSSR count). The Balaban J connectivity index is 2.01. The molecule has 3 nitrogen and oxygen atoms in total. The third-order valence-corrected chi connectivity index (χ3v) is 3.07. The van der Waals surface area contributed by atoms with E-state index in [1.807, 2.05) is 0 Å². The van der Waals surface area contributed by atoms with Crippen molar-refractivity contribution in [1.82, 2.24) is 5.32 Å². The molecule has 1 unspecified atom stereocenters. The quantitative estimate of drug-likeness (QED) is 0.854. The van der Waals surface area contributed by atoms with E-state index in [1.54, 1.807) is 19.1 Å². The Morgan fingerprint density at radius 1 is 1.04 bits per heavy atom. The van der Waals surface area contributed by atoms with Crippen LogP contribution in [-0.4, -0.2) is 12.3 Å². The van der Waals surface area contributed by atoms with Crippen LogP contribution in [0.4, 0.5) is 17.6 Å². The van der Waals surface area contributed by atoms with Gasteiger partial charge in [0.15, 0.2) is 0 Å². The molecule has 0 saturated carbocycles. The highest BCUT2D eigenvalue weighted by Gasteiger charge is 2.31. The van der Waals surface area contributed by atoms with Crippen molar-refractivity contribution in [2.24, 2.45) is 0 Å². The van der Waals surface area contributed by atoms with E-state index in [-0.39, 0.29) is 17.4 Å². The standard InChI is InChI=1S/C16H13F4NO2/c1-10(11-2-6-13(17)7-3-11)21-15(22)12-4-8-14(9-5-12)23-16(18,19)20/h2-10H,1H3,(H,21,22). The highest BCUT2D eigenvalue weighted by Crippen LogP contribution is 2.23. The maximum atomic E-state index is 12.9. The molecule has 1 atom stereocenters. The second-order valence-electron chi connectivity index (χ2n) is 4.82. The number of ether oxygens (including phenoxy) is 1. The van der Waals surface area contributed by atoms with Crippen LogP contribution in [0.5, 0.6) is 5.75 Å². The smallest absolute Gasteiger partial charge is 0.406 e. The second-order valence-corrected chi connectivity index (χ2v) is 4.82. The first kappa shape index (κ1) is 16.8. The first-order valence-corrected chi connectivity index (χ1v) is 6.67. The van der Waals surface area contributed by atoms with E-state index in [2.05, 4.69) is 10.1 Å². The number of benzene rings is 2. The van der Waals surface area contributed by atoms with Gasteiger partial charge in [0.2, 0.25) is 0 Å². The SMILES string of the molecule is CC(NC(=O)c1ccc(OC(F)(F)F)cc1)c1ccc(F)cc1. The zero-order valence-corrected chi connectivity index (χ0v) is 12.0. The fraction of sp³-hybridized carbons (Fsp3) is 0.188. The maximum absolute atomic E-state index is 12.9. The number of carbonyl (C=O) groups excluding carboxylic acids is 1. The number of halogens is 4. The Hall–Kier alpha value is -2.57. The van der Waals surface area contributed by atoms with Gasteiger partial charge in [0.05, 0.1) is 6.04 Å². The van der Waals surface area contributed by atoms with Gasteiger partial charge in [-0.05, 0) is 48.9 Å². The van der Waals surface area contributed by atoms with Gasteiger partial charge in [-0.3, -0.25) is 4.79 Å². The summed E-state index contributed by atoms with van der Waals surface area (Å²) in [5, 5.41) is 2.68. The predicted octanol–water partition coefficient (Wildman–Crippen LogP) is 4.22. The van der Waals surface area contributed by atoms with E-state index in [0.29, 0.717) is 5.56 Å². The monoisotopic (exact) mass is 327 g/mol. The topological polar surface area (TPSA) is 38.3 Å². The van der Waals surface area contributed by atoms with Gasteiger partial charge in [0.25, 0.3) is 5.91 Å². The van der Waals surface area contributed by atoms with Crippen molar-refractivity contribution >= 4 is 5.91 Å². The van der Waals surface area contributed by atoms with E-state index in [0.717, 1.165) is 12.1 Å². The first-order valence-electron chi connectivity index (χ1n) is 6.67. The number of carbonyl (C=O) groups is 1. The second kappa shape index (κ2) is 6.68. The molecule has 0 bridgehead atoms. The van der Waals surface area contributed by atoms with E-state index in [4.69, 9.17) is 0 Å². The van der Waals surface area contributed by atoms with Crippen LogP contribution >= 0.6 is 0 Å². The highest BCUT2D eigenvalue weighted by molar-refractivity contribution is 5.94. The summed E-state index contributed by atoms with van der Waals surface area (Å²) in [6.07, 6.45) is -4.78. The minimum absolute atomic E-state index is 0.188. The zero-order valence-electron chi connectivity index (χ0n) is 12.0. The summed E-state index contributed by atoms with van der Waals surface area (Å²) in [7, 11) is 0. The van der Waals surface area contributed by atoms with Gasteiger partial charge in [-0.2, -0.15) is 0 Å². The lowest BCUT2D eigenvalue weighted by Crippen LogP contribution is -2.26. The Bertz CT molecular complexity index is 666. The molecule has 122 valence electrons. The summed E-state index contributed by atoms with van der Waals surface area (Å²) in [6, 6.07) is 9.84. The lowest BCUT2D eigenvalue weighted by Gasteiger charge is -2.15. The Labute approximate surface area is 129 Å². The summed E-state index contributed by atoms with van der Waals surface area (Å²) in [5.74, 6) is -1.24. The average Bonchev–Trinajstić information content (AvgIpc) is 2.46. The molecule has 0 fully saturated rings. The van der Waals surface area contributed by atoms with Gasteiger partial charge >= 0.3 is 6.36 Å². The molecule has 0 radical (unpaired) electrons. The molecular weight excluding hydrogens is 314 g/mol. The molecule has 1 amide bonds. The highest BCUT2D eigenvalue weighted by atomic mass is 19.4. The molecule has 0 aromatic heterocycles. The third-order valence-electron chi connectivity index (χ3n) is 3.07. The fourth-order valence-electron chi connectivity index (χ4n) is 1.92. The van der Waals surface area contributed by atoms with Crippen molar-refractivity contribution in [2.45, 2.75) is 19.3 Å². The summed E-state index contributed by atoms with van der Waals surface area (Å²) in [4.78, 5) is 12.0. The predicted molar refractivity (Wildman–Crippen MR) is 75.4 cm³/mol. The molecular formula is C16H13F4NO2. The zero-order chi connectivity index (χ0) is 17.0. The van der Waals surface area contributed by atoms with Gasteiger partial charge in [0.1, 0.15) is 11.6 Å². The number of hydrogen-bond acceptors (Lipinski definition) is 2. The molecule has 0 aliphatic heterocycles. The van der Waals surface area contributed by atoms with Crippen LogP contribution in [0, 0.1) is 5.82 Å². The minimum Gasteiger partial charge on any atom is -0.406 e. The van der Waals surface area contributed by atoms with Gasteiger partial charge in [-0.25, -0.2) is 4.39 Å². The Morgan fingerprint density at radius 2 is 1.61 bits per heavy atom. The largest absolute Gasteiger partial charge is 0.573 e. The number of alkyl halides is 3. The van der Waals surface area contributed by atoms with Crippen LogP contribution < -0.4 is 10.1 Å². The summed E-state index contributed by atoms with van der Waals surface area (Å²) < 4.78 is 52.8. The van der Waals surface area contributed by atoms with Crippen molar-refractivity contribution in [3.05, 3.63) is 65.5 Å². The molecule has 0 aliphatic rings. The van der Waals surface area contributed by atoms with Crippen molar-refractivity contribution < 1.29 is 27.1 Å². The van der Waals surface area contributed by atoms with E-state index in [1.165, 1.54) is 24.3 Å². The fourth-order valence-corrected chi connectivity index (χ4v) is 1.92. The van der Waals surface area contributed by atoms with E-state index >= 15 is 0 Å². The van der Waals surface area contributed by atoms with Crippen molar-refractivity contribution in [2.75, 3.05) is 0 Å². The normalized spacial score (nSPS) is 12.6. The lowest BCUT2D eigenvalue weighted by atomic mass is 10.1. The van der Waals surface area contributed by atoms with Gasteiger partial charge in [0, 0.05) is 5.56 Å². The van der Waals surface area contributed by atoms with Crippen LogP contribution in [-0.2, 0) is 0 Å². The van der Waals surface area contributed by atoms with Crippen LogP contribution in [0.15, 0.2) is 48.5 Å². The van der Waals surface area contributed by atoms with Gasteiger partial charge in [-0.1, -0.05) is 12.1 Å². The molecule has 23 heavy (non-hydrogen) atoms. The van der Waals surface area contributed by atoms with Crippen molar-refractivity contribution in [3.8, 4) is 5.75 Å². The molecule has 2 aromatic carbocycles. The molecule has 0 heterocycles. The van der Waals surface area contributed by atoms with Crippen LogP contribution in [0.2, 0.25) is 0 Å². The Morgan fingerprint density at radius 3 is 2.13 bits per heavy atom. The van der Waals surface area contributed by atoms with E-state index < -0.39 is 18.0 Å². The maximum Gasteiger partial charge on any atom is 0.573 e. The van der Waals surface area contributed by atoms with Crippen molar-refractivity contribution in [1.29, 1.82) is 0 Å². The number of nitrogens with one attached hydrogen (secondary N) is 1. The Kier molecular flexibility index (Phi) is 4.88. The van der Waals surface area contributed by atoms with Crippen LogP contribution in [0.1, 0.15) is 28.9 Å². The number of hydrogen-bond donors (Lipinski definition) is 1. The lowest BCUT2D eigenvalue weighted by molar-refractivity contribution is -0.274.